The van der Waals surface area contributed by atoms with Crippen LogP contribution in [0.2, 0.25) is 5.02 Å². The summed E-state index contributed by atoms with van der Waals surface area (Å²) in [5.74, 6) is -0.210. The van der Waals surface area contributed by atoms with Gasteiger partial charge in [0.15, 0.2) is 5.65 Å². The third kappa shape index (κ3) is 3.69. The lowest BCUT2D eigenvalue weighted by molar-refractivity contribution is 0.0998. The Labute approximate surface area is 175 Å². The van der Waals surface area contributed by atoms with Gasteiger partial charge in [-0.3, -0.25) is 4.79 Å². The number of amides is 1. The van der Waals surface area contributed by atoms with Crippen molar-refractivity contribution in [1.29, 1.82) is 0 Å². The van der Waals surface area contributed by atoms with Crippen molar-refractivity contribution in [2.75, 3.05) is 0 Å². The number of nitrogens with zero attached hydrogens (tertiary/aromatic N) is 3. The van der Waals surface area contributed by atoms with Crippen LogP contribution in [0.5, 0.6) is 5.75 Å². The van der Waals surface area contributed by atoms with E-state index in [0.29, 0.717) is 32.7 Å². The van der Waals surface area contributed by atoms with E-state index in [4.69, 9.17) is 22.1 Å². The normalized spacial score (nSPS) is 12.2. The minimum Gasteiger partial charge on any atom is -0.484 e. The first-order valence-corrected chi connectivity index (χ1v) is 9.97. The van der Waals surface area contributed by atoms with Crippen LogP contribution in [0.3, 0.4) is 0 Å². The maximum atomic E-state index is 12.0. The average molecular weight is 429 g/mol. The molecule has 0 aliphatic heterocycles. The molecule has 3 aromatic heterocycles. The minimum atomic E-state index is -0.583. The van der Waals surface area contributed by atoms with E-state index in [1.807, 2.05) is 25.1 Å². The lowest BCUT2D eigenvalue weighted by Gasteiger charge is -2.16. The Morgan fingerprint density at radius 2 is 2.14 bits per heavy atom. The Bertz CT molecular complexity index is 1200. The Kier molecular flexibility index (Phi) is 5.23. The fraction of sp³-hybridized carbons (Fsp3) is 0.150. The van der Waals surface area contributed by atoms with Crippen molar-refractivity contribution < 1.29 is 14.6 Å². The van der Waals surface area contributed by atoms with Crippen LogP contribution in [0.4, 0.5) is 0 Å². The molecular weight excluding hydrogens is 412 g/mol. The zero-order valence-electron chi connectivity index (χ0n) is 15.4. The van der Waals surface area contributed by atoms with Crippen LogP contribution >= 0.6 is 22.9 Å². The number of hydrogen-bond acceptors (Lipinski definition) is 6. The number of imidazole rings is 1. The van der Waals surface area contributed by atoms with Gasteiger partial charge in [0.05, 0.1) is 23.4 Å². The lowest BCUT2D eigenvalue weighted by Crippen LogP contribution is -2.12. The van der Waals surface area contributed by atoms with E-state index < -0.39 is 5.91 Å². The smallest absolute Gasteiger partial charge is 0.262 e. The first-order chi connectivity index (χ1) is 14.0. The zero-order valence-corrected chi connectivity index (χ0v) is 16.9. The predicted molar refractivity (Wildman–Crippen MR) is 111 cm³/mol. The number of nitrogens with two attached hydrogens (primary N) is 1. The summed E-state index contributed by atoms with van der Waals surface area (Å²) in [6.07, 6.45) is 1.27. The summed E-state index contributed by atoms with van der Waals surface area (Å²) in [6.45, 7) is 1.67. The predicted octanol–water partition coefficient (Wildman–Crippen LogP) is 3.84. The van der Waals surface area contributed by atoms with Crippen molar-refractivity contribution in [2.24, 2.45) is 5.73 Å². The topological polar surface area (TPSA) is 103 Å². The molecule has 0 aliphatic carbocycles. The summed E-state index contributed by atoms with van der Waals surface area (Å²) in [6, 6.07) is 12.6. The third-order valence-corrected chi connectivity index (χ3v) is 5.90. The van der Waals surface area contributed by atoms with Crippen LogP contribution in [0.25, 0.3) is 16.2 Å². The van der Waals surface area contributed by atoms with E-state index in [2.05, 4.69) is 10.1 Å². The molecule has 3 heterocycles. The molecule has 148 valence electrons. The summed E-state index contributed by atoms with van der Waals surface area (Å²) in [5.41, 5.74) is 8.18. The van der Waals surface area contributed by atoms with E-state index in [1.54, 1.807) is 35.0 Å². The quantitative estimate of drug-likeness (QED) is 0.485. The number of aliphatic hydroxyl groups is 1. The van der Waals surface area contributed by atoms with E-state index in [-0.39, 0.29) is 12.7 Å². The van der Waals surface area contributed by atoms with Crippen LogP contribution < -0.4 is 10.5 Å². The molecule has 0 fully saturated rings. The number of aliphatic hydroxyl groups excluding tert-OH is 1. The second-order valence-electron chi connectivity index (χ2n) is 6.35. The zero-order chi connectivity index (χ0) is 20.5. The molecule has 1 aromatic carbocycles. The number of aromatic nitrogens is 3. The van der Waals surface area contributed by atoms with Crippen LogP contribution in [0, 0.1) is 0 Å². The maximum Gasteiger partial charge on any atom is 0.262 e. The molecule has 9 heteroatoms. The van der Waals surface area contributed by atoms with Crippen LogP contribution in [0.1, 0.15) is 34.0 Å². The van der Waals surface area contributed by atoms with Gasteiger partial charge in [0.1, 0.15) is 22.4 Å². The molecule has 29 heavy (non-hydrogen) atoms. The highest BCUT2D eigenvalue weighted by molar-refractivity contribution is 7.17. The van der Waals surface area contributed by atoms with Gasteiger partial charge in [-0.2, -0.15) is 5.10 Å². The summed E-state index contributed by atoms with van der Waals surface area (Å²) < 4.78 is 7.66. The van der Waals surface area contributed by atoms with Crippen LogP contribution in [-0.2, 0) is 6.61 Å². The number of rotatable bonds is 6. The number of primary amides is 1. The first kappa shape index (κ1) is 19.4. The van der Waals surface area contributed by atoms with Crippen molar-refractivity contribution in [3.05, 3.63) is 69.8 Å². The largest absolute Gasteiger partial charge is 0.484 e. The number of ether oxygens (including phenoxy) is 1. The van der Waals surface area contributed by atoms with Crippen molar-refractivity contribution >= 4 is 34.5 Å². The number of thiophene rings is 1. The van der Waals surface area contributed by atoms with E-state index >= 15 is 0 Å². The van der Waals surface area contributed by atoms with E-state index in [1.165, 1.54) is 11.3 Å². The van der Waals surface area contributed by atoms with Gasteiger partial charge < -0.3 is 15.6 Å². The van der Waals surface area contributed by atoms with Crippen molar-refractivity contribution in [3.8, 4) is 16.3 Å². The number of halogens is 1. The Morgan fingerprint density at radius 3 is 2.86 bits per heavy atom. The second-order valence-corrected chi connectivity index (χ2v) is 7.81. The van der Waals surface area contributed by atoms with Gasteiger partial charge in [-0.1, -0.05) is 29.8 Å². The van der Waals surface area contributed by atoms with Crippen molar-refractivity contribution in [1.82, 2.24) is 14.6 Å². The fourth-order valence-electron chi connectivity index (χ4n) is 2.98. The number of hydrogen-bond donors (Lipinski definition) is 2. The number of fused-ring (bicyclic) bond motifs is 1. The summed E-state index contributed by atoms with van der Waals surface area (Å²) >= 11 is 7.46. The molecule has 0 saturated heterocycles. The second kappa shape index (κ2) is 7.82. The van der Waals surface area contributed by atoms with Gasteiger partial charge in [0, 0.05) is 16.7 Å². The Balaban J connectivity index is 1.74. The molecule has 1 atom stereocenters. The molecule has 4 aromatic rings. The molecule has 0 unspecified atom stereocenters. The summed E-state index contributed by atoms with van der Waals surface area (Å²) in [4.78, 5) is 17.4. The van der Waals surface area contributed by atoms with E-state index in [0.717, 1.165) is 10.4 Å². The third-order valence-electron chi connectivity index (χ3n) is 4.40. The molecular formula is C20H17ClN4O3S. The average Bonchev–Trinajstić information content (AvgIpc) is 3.31. The van der Waals surface area contributed by atoms with Crippen molar-refractivity contribution in [2.45, 2.75) is 19.6 Å². The monoisotopic (exact) mass is 428 g/mol. The minimum absolute atomic E-state index is 0.186. The molecule has 4 rings (SSSR count). The van der Waals surface area contributed by atoms with Gasteiger partial charge in [0.25, 0.3) is 5.91 Å². The molecule has 0 radical (unpaired) electrons. The Morgan fingerprint density at radius 1 is 1.34 bits per heavy atom. The van der Waals surface area contributed by atoms with Crippen LogP contribution in [0.15, 0.2) is 48.7 Å². The first-order valence-electron chi connectivity index (χ1n) is 8.77. The standard InChI is InChI=1S/C20H17ClN4O3S/c1-11(13-4-2-3-5-14(13)21)28-16-8-17(29-19(16)20(22)27)15-9-23-18-7-6-12(10-26)24-25(15)18/h2-9,11,26H,10H2,1H3,(H2,22,27)/t11-/m1/s1. The molecule has 0 spiro atoms. The number of carbonyl (C=O) groups is 1. The summed E-state index contributed by atoms with van der Waals surface area (Å²) in [5, 5.41) is 14.3. The molecule has 3 N–H and O–H groups in total. The molecule has 0 aliphatic rings. The highest BCUT2D eigenvalue weighted by Gasteiger charge is 2.21. The highest BCUT2D eigenvalue weighted by Crippen LogP contribution is 2.38. The van der Waals surface area contributed by atoms with Gasteiger partial charge in [0.2, 0.25) is 0 Å². The van der Waals surface area contributed by atoms with E-state index in [9.17, 15) is 9.90 Å². The molecule has 0 bridgehead atoms. The fourth-order valence-corrected chi connectivity index (χ4v) is 4.21. The van der Waals surface area contributed by atoms with Crippen molar-refractivity contribution in [3.63, 3.8) is 0 Å². The van der Waals surface area contributed by atoms with Gasteiger partial charge in [-0.15, -0.1) is 11.3 Å². The highest BCUT2D eigenvalue weighted by atomic mass is 35.5. The number of benzene rings is 1. The number of carbonyl (C=O) groups excluding carboxylic acids is 1. The van der Waals surface area contributed by atoms with Crippen LogP contribution in [-0.4, -0.2) is 25.6 Å². The SMILES string of the molecule is C[C@@H](Oc1cc(-c2cnc3ccc(CO)nn23)sc1C(N)=O)c1ccccc1Cl. The molecule has 1 amide bonds. The van der Waals surface area contributed by atoms with Gasteiger partial charge >= 0.3 is 0 Å². The summed E-state index contributed by atoms with van der Waals surface area (Å²) in [7, 11) is 0. The Hall–Kier alpha value is -2.94. The molecule has 0 saturated carbocycles. The molecule has 7 nitrogen and oxygen atoms in total. The van der Waals surface area contributed by atoms with Gasteiger partial charge in [-0.05, 0) is 25.1 Å². The lowest BCUT2D eigenvalue weighted by atomic mass is 10.1. The maximum absolute atomic E-state index is 12.0. The van der Waals surface area contributed by atoms with Gasteiger partial charge in [-0.25, -0.2) is 9.50 Å².